The van der Waals surface area contributed by atoms with Gasteiger partial charge in [-0.05, 0) is 71.0 Å². The lowest BCUT2D eigenvalue weighted by Crippen LogP contribution is -1.90. The number of phenolic OH excluding ortho intramolecular Hbond substituents is 1. The highest BCUT2D eigenvalue weighted by Crippen LogP contribution is 2.26. The van der Waals surface area contributed by atoms with Crippen molar-refractivity contribution in [3.63, 3.8) is 0 Å². The molecule has 2 aromatic carbocycles. The van der Waals surface area contributed by atoms with E-state index in [4.69, 9.17) is 0 Å². The molecule has 2 rings (SSSR count). The zero-order chi connectivity index (χ0) is 14.7. The summed E-state index contributed by atoms with van der Waals surface area (Å²) in [5, 5.41) is 20.1. The molecule has 0 amide bonds. The summed E-state index contributed by atoms with van der Waals surface area (Å²) in [4.78, 5) is 14.4. The highest BCUT2D eigenvalue weighted by atomic mass is 127. The summed E-state index contributed by atoms with van der Waals surface area (Å²) in [6.45, 7) is 1.95. The van der Waals surface area contributed by atoms with Crippen molar-refractivity contribution in [1.82, 2.24) is 0 Å². The van der Waals surface area contributed by atoms with Gasteiger partial charge in [0.1, 0.15) is 0 Å². The van der Waals surface area contributed by atoms with Crippen molar-refractivity contribution in [2.75, 3.05) is 0 Å². The van der Waals surface area contributed by atoms with Gasteiger partial charge in [-0.15, -0.1) is 0 Å². The van der Waals surface area contributed by atoms with Crippen molar-refractivity contribution in [3.05, 3.63) is 61.2 Å². The molecule has 0 aliphatic rings. The maximum atomic E-state index is 10.7. The minimum absolute atomic E-state index is 0.326. The minimum Gasteiger partial charge on any atom is -0.502 e. The number of nitrogens with zero attached hydrogens (tertiary/aromatic N) is 2. The van der Waals surface area contributed by atoms with Gasteiger partial charge in [0.25, 0.3) is 0 Å². The summed E-state index contributed by atoms with van der Waals surface area (Å²) in [7, 11) is 0. The van der Waals surface area contributed by atoms with Gasteiger partial charge in [0.2, 0.25) is 0 Å². The molecule has 0 radical (unpaired) electrons. The molecule has 0 bridgehead atoms. The first-order valence-corrected chi connectivity index (χ1v) is 6.83. The van der Waals surface area contributed by atoms with E-state index in [1.165, 1.54) is 12.1 Å². The molecule has 20 heavy (non-hydrogen) atoms. The van der Waals surface area contributed by atoms with Crippen molar-refractivity contribution < 1.29 is 10.0 Å². The largest absolute Gasteiger partial charge is 0.502 e. The molecule has 0 atom stereocenters. The number of aryl methyl sites for hydroxylation is 1. The van der Waals surface area contributed by atoms with Crippen LogP contribution in [0.4, 0.5) is 11.4 Å². The molecule has 0 aliphatic heterocycles. The second kappa shape index (κ2) is 6.00. The fourth-order valence-corrected chi connectivity index (χ4v) is 2.32. The molecule has 0 aliphatic carbocycles. The highest BCUT2D eigenvalue weighted by molar-refractivity contribution is 14.1. The third-order valence-electron chi connectivity index (χ3n) is 2.71. The predicted octanol–water partition coefficient (Wildman–Crippen LogP) is 3.96. The van der Waals surface area contributed by atoms with E-state index < -0.39 is 4.92 Å². The number of phenols is 1. The summed E-state index contributed by atoms with van der Waals surface area (Å²) in [5.74, 6) is -0.349. The maximum Gasteiger partial charge on any atom is 0.311 e. The van der Waals surface area contributed by atoms with Gasteiger partial charge in [-0.3, -0.25) is 15.1 Å². The van der Waals surface area contributed by atoms with E-state index in [9.17, 15) is 15.2 Å². The maximum absolute atomic E-state index is 10.7. The molecule has 102 valence electrons. The number of halogens is 1. The quantitative estimate of drug-likeness (QED) is 0.378. The second-order valence-corrected chi connectivity index (χ2v) is 5.44. The number of rotatable bonds is 3. The fourth-order valence-electron chi connectivity index (χ4n) is 1.67. The van der Waals surface area contributed by atoms with E-state index in [1.807, 2.05) is 25.1 Å². The van der Waals surface area contributed by atoms with E-state index in [0.29, 0.717) is 5.56 Å². The SMILES string of the molecule is Cc1cc(I)ccc1N=Cc1ccc(O)c([N+](=O)[O-])c1. The number of nitro groups is 1. The van der Waals surface area contributed by atoms with Crippen molar-refractivity contribution in [2.45, 2.75) is 6.92 Å². The van der Waals surface area contributed by atoms with E-state index in [0.717, 1.165) is 14.8 Å². The molecule has 5 nitrogen and oxygen atoms in total. The van der Waals surface area contributed by atoms with Gasteiger partial charge >= 0.3 is 5.69 Å². The Labute approximate surface area is 129 Å². The first-order chi connectivity index (χ1) is 9.47. The standard InChI is InChI=1S/C14H11IN2O3/c1-9-6-11(15)3-4-12(9)16-8-10-2-5-14(18)13(7-10)17(19)20/h2-8,18H,1H3. The lowest BCUT2D eigenvalue weighted by atomic mass is 10.2. The smallest absolute Gasteiger partial charge is 0.311 e. The Morgan fingerprint density at radius 1 is 1.30 bits per heavy atom. The Bertz CT molecular complexity index is 699. The Balaban J connectivity index is 2.32. The lowest BCUT2D eigenvalue weighted by molar-refractivity contribution is -0.385. The van der Waals surface area contributed by atoms with Crippen LogP contribution in [0.3, 0.4) is 0 Å². The van der Waals surface area contributed by atoms with Gasteiger partial charge in [0.05, 0.1) is 10.6 Å². The molecule has 0 heterocycles. The molecular weight excluding hydrogens is 371 g/mol. The van der Waals surface area contributed by atoms with Gasteiger partial charge < -0.3 is 5.11 Å². The third-order valence-corrected chi connectivity index (χ3v) is 3.38. The van der Waals surface area contributed by atoms with Crippen LogP contribution in [-0.2, 0) is 0 Å². The van der Waals surface area contributed by atoms with Crippen LogP contribution in [0.1, 0.15) is 11.1 Å². The predicted molar refractivity (Wildman–Crippen MR) is 85.9 cm³/mol. The molecule has 2 aromatic rings. The van der Waals surface area contributed by atoms with Gasteiger partial charge in [0, 0.05) is 15.9 Å². The van der Waals surface area contributed by atoms with Crippen molar-refractivity contribution in [1.29, 1.82) is 0 Å². The average molecular weight is 382 g/mol. The lowest BCUT2D eigenvalue weighted by Gasteiger charge is -2.01. The first kappa shape index (κ1) is 14.4. The zero-order valence-electron chi connectivity index (χ0n) is 10.6. The fraction of sp³-hybridized carbons (Fsp3) is 0.0714. The second-order valence-electron chi connectivity index (χ2n) is 4.19. The van der Waals surface area contributed by atoms with E-state index in [-0.39, 0.29) is 11.4 Å². The number of benzene rings is 2. The Kier molecular flexibility index (Phi) is 4.33. The van der Waals surface area contributed by atoms with E-state index in [1.54, 1.807) is 12.3 Å². The van der Waals surface area contributed by atoms with Gasteiger partial charge in [0.15, 0.2) is 5.75 Å². The number of hydrogen-bond donors (Lipinski definition) is 1. The van der Waals surface area contributed by atoms with Gasteiger partial charge in [-0.1, -0.05) is 0 Å². The van der Waals surface area contributed by atoms with Crippen LogP contribution in [0.15, 0.2) is 41.4 Å². The summed E-state index contributed by atoms with van der Waals surface area (Å²) in [6, 6.07) is 10.0. The van der Waals surface area contributed by atoms with E-state index >= 15 is 0 Å². The molecule has 0 fully saturated rings. The Hall–Kier alpha value is -1.96. The monoisotopic (exact) mass is 382 g/mol. The summed E-state index contributed by atoms with van der Waals surface area (Å²) in [5.41, 5.74) is 2.07. The number of aromatic hydroxyl groups is 1. The van der Waals surface area contributed by atoms with Gasteiger partial charge in [-0.2, -0.15) is 0 Å². The molecule has 0 spiro atoms. The van der Waals surface area contributed by atoms with Crippen molar-refractivity contribution in [3.8, 4) is 5.75 Å². The molecular formula is C14H11IN2O3. The molecule has 6 heteroatoms. The molecule has 0 unspecified atom stereocenters. The van der Waals surface area contributed by atoms with Crippen LogP contribution in [0.25, 0.3) is 0 Å². The number of aliphatic imine (C=N–C) groups is 1. The zero-order valence-corrected chi connectivity index (χ0v) is 12.7. The van der Waals surface area contributed by atoms with E-state index in [2.05, 4.69) is 27.6 Å². The molecule has 1 N–H and O–H groups in total. The van der Waals surface area contributed by atoms with Crippen LogP contribution >= 0.6 is 22.6 Å². The number of hydrogen-bond acceptors (Lipinski definition) is 4. The summed E-state index contributed by atoms with van der Waals surface area (Å²) < 4.78 is 1.12. The third kappa shape index (κ3) is 3.32. The summed E-state index contributed by atoms with van der Waals surface area (Å²) >= 11 is 2.22. The highest BCUT2D eigenvalue weighted by Gasteiger charge is 2.12. The first-order valence-electron chi connectivity index (χ1n) is 5.75. The van der Waals surface area contributed by atoms with Crippen LogP contribution < -0.4 is 0 Å². The normalized spacial score (nSPS) is 10.9. The van der Waals surface area contributed by atoms with Crippen molar-refractivity contribution in [2.24, 2.45) is 4.99 Å². The summed E-state index contributed by atoms with van der Waals surface area (Å²) in [6.07, 6.45) is 1.54. The van der Waals surface area contributed by atoms with Crippen molar-refractivity contribution >= 4 is 40.2 Å². The molecule has 0 aromatic heterocycles. The van der Waals surface area contributed by atoms with Gasteiger partial charge in [-0.25, -0.2) is 0 Å². The minimum atomic E-state index is -0.622. The van der Waals surface area contributed by atoms with Crippen LogP contribution in [0.2, 0.25) is 0 Å². The Morgan fingerprint density at radius 3 is 2.70 bits per heavy atom. The van der Waals surface area contributed by atoms with Crippen LogP contribution in [-0.4, -0.2) is 16.2 Å². The molecule has 0 saturated carbocycles. The van der Waals surface area contributed by atoms with Crippen LogP contribution in [0, 0.1) is 20.6 Å². The number of nitro benzene ring substituents is 1. The average Bonchev–Trinajstić information content (AvgIpc) is 2.39. The van der Waals surface area contributed by atoms with Crippen LogP contribution in [0.5, 0.6) is 5.75 Å². The topological polar surface area (TPSA) is 75.7 Å². The molecule has 0 saturated heterocycles. The Morgan fingerprint density at radius 2 is 2.05 bits per heavy atom.